The fraction of sp³-hybridized carbons (Fsp3) is 0.182. The van der Waals surface area contributed by atoms with Crippen LogP contribution in [-0.2, 0) is 6.18 Å². The lowest BCUT2D eigenvalue weighted by Gasteiger charge is -2.04. The molecule has 1 aromatic carbocycles. The summed E-state index contributed by atoms with van der Waals surface area (Å²) in [7, 11) is 0. The SMILES string of the molecule is Cc1c(C(F)(F)F)[nH]n(-c2ccc([N+](=O)[O-])cc2)c1=O. The van der Waals surface area contributed by atoms with Gasteiger partial charge in [0.2, 0.25) is 0 Å². The number of hydrogen-bond acceptors (Lipinski definition) is 3. The molecule has 0 saturated heterocycles. The minimum atomic E-state index is -4.67. The fourth-order valence-corrected chi connectivity index (χ4v) is 1.70. The first-order chi connectivity index (χ1) is 9.21. The van der Waals surface area contributed by atoms with Crippen LogP contribution in [0.3, 0.4) is 0 Å². The molecule has 0 aliphatic carbocycles. The van der Waals surface area contributed by atoms with E-state index < -0.39 is 27.9 Å². The van der Waals surface area contributed by atoms with Crippen molar-refractivity contribution in [1.29, 1.82) is 0 Å². The van der Waals surface area contributed by atoms with Gasteiger partial charge in [0, 0.05) is 17.7 Å². The summed E-state index contributed by atoms with van der Waals surface area (Å²) in [5, 5.41) is 12.4. The molecule has 0 unspecified atom stereocenters. The van der Waals surface area contributed by atoms with Crippen LogP contribution in [0.15, 0.2) is 29.1 Å². The molecular formula is C11H8F3N3O3. The van der Waals surface area contributed by atoms with Gasteiger partial charge in [-0.15, -0.1) is 0 Å². The molecule has 0 atom stereocenters. The summed E-state index contributed by atoms with van der Waals surface area (Å²) < 4.78 is 38.7. The molecule has 0 radical (unpaired) electrons. The van der Waals surface area contributed by atoms with Gasteiger partial charge in [-0.05, 0) is 19.1 Å². The summed E-state index contributed by atoms with van der Waals surface area (Å²) in [6.45, 7) is 1.06. The van der Waals surface area contributed by atoms with Gasteiger partial charge in [-0.1, -0.05) is 0 Å². The van der Waals surface area contributed by atoms with Crippen molar-refractivity contribution in [3.63, 3.8) is 0 Å². The minimum absolute atomic E-state index is 0.0826. The molecule has 0 fully saturated rings. The number of aromatic nitrogens is 2. The average Bonchev–Trinajstić information content (AvgIpc) is 2.66. The first kappa shape index (κ1) is 13.8. The molecular weight excluding hydrogens is 279 g/mol. The maximum Gasteiger partial charge on any atom is 0.433 e. The zero-order valence-corrected chi connectivity index (χ0v) is 10.1. The Balaban J connectivity index is 2.54. The highest BCUT2D eigenvalue weighted by Gasteiger charge is 2.36. The zero-order valence-electron chi connectivity index (χ0n) is 10.1. The summed E-state index contributed by atoms with van der Waals surface area (Å²) in [6.07, 6.45) is -4.67. The van der Waals surface area contributed by atoms with Crippen LogP contribution in [0.25, 0.3) is 5.69 Å². The van der Waals surface area contributed by atoms with E-state index in [2.05, 4.69) is 0 Å². The Labute approximate surface area is 109 Å². The van der Waals surface area contributed by atoms with Crippen LogP contribution in [0, 0.1) is 17.0 Å². The number of nitro benzene ring substituents is 1. The molecule has 2 rings (SSSR count). The molecule has 0 aliphatic heterocycles. The third kappa shape index (κ3) is 2.29. The molecule has 0 bridgehead atoms. The van der Waals surface area contributed by atoms with Crippen molar-refractivity contribution in [2.24, 2.45) is 0 Å². The predicted molar refractivity (Wildman–Crippen MR) is 62.8 cm³/mol. The third-order valence-electron chi connectivity index (χ3n) is 2.72. The number of halogens is 3. The molecule has 0 saturated carbocycles. The predicted octanol–water partition coefficient (Wildman–Crippen LogP) is 2.40. The van der Waals surface area contributed by atoms with E-state index in [1.807, 2.05) is 5.10 Å². The molecule has 1 N–H and O–H groups in total. The normalized spacial score (nSPS) is 11.6. The van der Waals surface area contributed by atoms with Crippen molar-refractivity contribution in [1.82, 2.24) is 9.78 Å². The minimum Gasteiger partial charge on any atom is -0.286 e. The average molecular weight is 287 g/mol. The van der Waals surface area contributed by atoms with E-state index in [1.165, 1.54) is 12.1 Å². The molecule has 6 nitrogen and oxygen atoms in total. The van der Waals surface area contributed by atoms with Crippen molar-refractivity contribution < 1.29 is 18.1 Å². The monoisotopic (exact) mass is 287 g/mol. The lowest BCUT2D eigenvalue weighted by molar-refractivity contribution is -0.384. The van der Waals surface area contributed by atoms with E-state index in [0.717, 1.165) is 19.1 Å². The number of aromatic amines is 1. The Hall–Kier alpha value is -2.58. The number of nitro groups is 1. The maximum absolute atomic E-state index is 12.7. The summed E-state index contributed by atoms with van der Waals surface area (Å²) in [6, 6.07) is 4.58. The molecule has 20 heavy (non-hydrogen) atoms. The standard InChI is InChI=1S/C11H8F3N3O3/c1-6-9(11(12,13)14)15-16(10(6)18)7-2-4-8(5-3-7)17(19)20/h2-5,15H,1H3. The Morgan fingerprint density at radius 1 is 1.25 bits per heavy atom. The van der Waals surface area contributed by atoms with Crippen LogP contribution >= 0.6 is 0 Å². The first-order valence-corrected chi connectivity index (χ1v) is 5.35. The van der Waals surface area contributed by atoms with Crippen molar-refractivity contribution >= 4 is 5.69 Å². The van der Waals surface area contributed by atoms with E-state index in [0.29, 0.717) is 4.68 Å². The van der Waals surface area contributed by atoms with Crippen LogP contribution in [0.5, 0.6) is 0 Å². The highest BCUT2D eigenvalue weighted by molar-refractivity contribution is 5.41. The summed E-state index contributed by atoms with van der Waals surface area (Å²) in [5.41, 5.74) is -2.59. The van der Waals surface area contributed by atoms with Crippen molar-refractivity contribution in [2.45, 2.75) is 13.1 Å². The van der Waals surface area contributed by atoms with Gasteiger partial charge >= 0.3 is 6.18 Å². The third-order valence-corrected chi connectivity index (χ3v) is 2.72. The summed E-state index contributed by atoms with van der Waals surface area (Å²) >= 11 is 0. The number of benzene rings is 1. The number of nitrogens with zero attached hydrogens (tertiary/aromatic N) is 2. The van der Waals surface area contributed by atoms with Crippen LogP contribution in [0.1, 0.15) is 11.3 Å². The number of H-pyrrole nitrogens is 1. The molecule has 0 aliphatic rings. The van der Waals surface area contributed by atoms with Gasteiger partial charge < -0.3 is 0 Å². The van der Waals surface area contributed by atoms with E-state index >= 15 is 0 Å². The number of alkyl halides is 3. The first-order valence-electron chi connectivity index (χ1n) is 5.35. The van der Waals surface area contributed by atoms with Crippen molar-refractivity contribution in [3.05, 3.63) is 56.0 Å². The van der Waals surface area contributed by atoms with Crippen LogP contribution in [0.4, 0.5) is 18.9 Å². The van der Waals surface area contributed by atoms with Gasteiger partial charge in [0.15, 0.2) is 0 Å². The van der Waals surface area contributed by atoms with E-state index in [1.54, 1.807) is 0 Å². The van der Waals surface area contributed by atoms with E-state index in [-0.39, 0.29) is 11.4 Å². The van der Waals surface area contributed by atoms with Gasteiger partial charge in [0.1, 0.15) is 5.69 Å². The fourth-order valence-electron chi connectivity index (χ4n) is 1.70. The molecule has 1 heterocycles. The van der Waals surface area contributed by atoms with Gasteiger partial charge in [0.25, 0.3) is 11.2 Å². The lowest BCUT2D eigenvalue weighted by Crippen LogP contribution is -2.15. The zero-order chi connectivity index (χ0) is 15.1. The van der Waals surface area contributed by atoms with Crippen molar-refractivity contribution in [3.8, 4) is 5.69 Å². The topological polar surface area (TPSA) is 80.9 Å². The van der Waals surface area contributed by atoms with Gasteiger partial charge in [0.05, 0.1) is 10.6 Å². The Morgan fingerprint density at radius 2 is 1.80 bits per heavy atom. The Bertz CT molecular complexity index is 713. The van der Waals surface area contributed by atoms with Crippen molar-refractivity contribution in [2.75, 3.05) is 0 Å². The van der Waals surface area contributed by atoms with Crippen LogP contribution in [0.2, 0.25) is 0 Å². The molecule has 9 heteroatoms. The second kappa shape index (κ2) is 4.51. The van der Waals surface area contributed by atoms with Crippen LogP contribution < -0.4 is 5.56 Å². The van der Waals surface area contributed by atoms with Gasteiger partial charge in [-0.25, -0.2) is 4.68 Å². The maximum atomic E-state index is 12.7. The summed E-state index contributed by atoms with van der Waals surface area (Å²) in [4.78, 5) is 21.6. The van der Waals surface area contributed by atoms with E-state index in [9.17, 15) is 28.1 Å². The molecule has 1 aromatic heterocycles. The number of nitrogens with one attached hydrogen (secondary N) is 1. The molecule has 2 aromatic rings. The lowest BCUT2D eigenvalue weighted by atomic mass is 10.2. The second-order valence-electron chi connectivity index (χ2n) is 4.02. The Kier molecular flexibility index (Phi) is 3.12. The van der Waals surface area contributed by atoms with E-state index in [4.69, 9.17) is 0 Å². The summed E-state index contributed by atoms with van der Waals surface area (Å²) in [5.74, 6) is 0. The quantitative estimate of drug-likeness (QED) is 0.680. The molecule has 106 valence electrons. The number of rotatable bonds is 2. The highest BCUT2D eigenvalue weighted by atomic mass is 19.4. The second-order valence-corrected chi connectivity index (χ2v) is 4.02. The molecule has 0 spiro atoms. The Morgan fingerprint density at radius 3 is 2.20 bits per heavy atom. The number of hydrogen-bond donors (Lipinski definition) is 1. The largest absolute Gasteiger partial charge is 0.433 e. The van der Waals surface area contributed by atoms with Gasteiger partial charge in [-0.3, -0.25) is 20.0 Å². The highest BCUT2D eigenvalue weighted by Crippen LogP contribution is 2.29. The van der Waals surface area contributed by atoms with Gasteiger partial charge in [-0.2, -0.15) is 13.2 Å². The number of non-ortho nitro benzene ring substituents is 1. The molecule has 0 amide bonds. The smallest absolute Gasteiger partial charge is 0.286 e. The van der Waals surface area contributed by atoms with Crippen LogP contribution in [-0.4, -0.2) is 14.7 Å².